The number of aliphatic hydroxyl groups excluding tert-OH is 2. The topological polar surface area (TPSA) is 108 Å². The number of imidazole rings is 1. The first-order chi connectivity index (χ1) is 10.9. The Morgan fingerprint density at radius 2 is 2.13 bits per heavy atom. The normalized spacial score (nSPS) is 12.2. The Morgan fingerprint density at radius 3 is 2.78 bits per heavy atom. The van der Waals surface area contributed by atoms with Crippen LogP contribution in [0.3, 0.4) is 0 Å². The second-order valence-corrected chi connectivity index (χ2v) is 5.38. The summed E-state index contributed by atoms with van der Waals surface area (Å²) in [4.78, 5) is 15.5. The molecule has 0 radical (unpaired) electrons. The highest BCUT2D eigenvalue weighted by Crippen LogP contribution is 2.24. The molecule has 1 atom stereocenters. The van der Waals surface area contributed by atoms with Gasteiger partial charge in [0, 0.05) is 23.5 Å². The van der Waals surface area contributed by atoms with Crippen molar-refractivity contribution in [1.82, 2.24) is 9.55 Å². The van der Waals surface area contributed by atoms with E-state index in [0.717, 1.165) is 22.6 Å². The van der Waals surface area contributed by atoms with E-state index in [9.17, 15) is 9.90 Å². The lowest BCUT2D eigenvalue weighted by atomic mass is 10.2. The highest BCUT2D eigenvalue weighted by Gasteiger charge is 2.15. The highest BCUT2D eigenvalue weighted by atomic mass is 16.4. The first kappa shape index (κ1) is 17.0. The summed E-state index contributed by atoms with van der Waals surface area (Å²) in [7, 11) is 0. The Balaban J connectivity index is 2.31. The zero-order valence-electron chi connectivity index (χ0n) is 13.2. The van der Waals surface area contributed by atoms with Crippen LogP contribution in [0.2, 0.25) is 0 Å². The number of aromatic nitrogens is 2. The molecular weight excluding hydrogens is 298 g/mol. The van der Waals surface area contributed by atoms with Gasteiger partial charge in [-0.3, -0.25) is 4.79 Å². The Kier molecular flexibility index (Phi) is 5.36. The minimum Gasteiger partial charge on any atom is -0.480 e. The summed E-state index contributed by atoms with van der Waals surface area (Å²) in [6.07, 6.45) is -0.836. The number of carbonyl (C=O) groups is 1. The number of hydrogen-bond acceptors (Lipinski definition) is 5. The molecule has 124 valence electrons. The zero-order valence-corrected chi connectivity index (χ0v) is 13.2. The van der Waals surface area contributed by atoms with Gasteiger partial charge in [0.05, 0.1) is 18.4 Å². The lowest BCUT2D eigenvalue weighted by molar-refractivity contribution is -0.137. The Bertz CT molecular complexity index is 697. The van der Waals surface area contributed by atoms with Gasteiger partial charge < -0.3 is 25.2 Å². The summed E-state index contributed by atoms with van der Waals surface area (Å²) in [5, 5.41) is 30.3. The van der Waals surface area contributed by atoms with Crippen molar-refractivity contribution in [3.8, 4) is 11.4 Å². The van der Waals surface area contributed by atoms with E-state index in [-0.39, 0.29) is 19.7 Å². The second kappa shape index (κ2) is 7.26. The highest BCUT2D eigenvalue weighted by molar-refractivity contribution is 5.69. The average Bonchev–Trinajstić information content (AvgIpc) is 2.80. The lowest BCUT2D eigenvalue weighted by Crippen LogP contribution is -2.22. The van der Waals surface area contributed by atoms with Gasteiger partial charge in [0.1, 0.15) is 12.4 Å². The SMILES string of the molecule is Cc1nc(-c2cccc(NCC(O)CO)c2)n(CC(=O)O)c1C. The Hall–Kier alpha value is -2.38. The number of rotatable bonds is 7. The van der Waals surface area contributed by atoms with Gasteiger partial charge in [-0.05, 0) is 26.0 Å². The third-order valence-corrected chi connectivity index (χ3v) is 3.62. The second-order valence-electron chi connectivity index (χ2n) is 5.38. The van der Waals surface area contributed by atoms with Crippen LogP contribution in [0.15, 0.2) is 24.3 Å². The number of carboxylic acid groups (broad SMARTS) is 1. The molecule has 1 heterocycles. The average molecular weight is 319 g/mol. The fraction of sp³-hybridized carbons (Fsp3) is 0.375. The largest absolute Gasteiger partial charge is 0.480 e. The van der Waals surface area contributed by atoms with E-state index < -0.39 is 12.1 Å². The summed E-state index contributed by atoms with van der Waals surface area (Å²) in [5.41, 5.74) is 3.15. The number of aryl methyl sites for hydroxylation is 1. The fourth-order valence-electron chi connectivity index (χ4n) is 2.27. The first-order valence-corrected chi connectivity index (χ1v) is 7.31. The van der Waals surface area contributed by atoms with Gasteiger partial charge >= 0.3 is 5.97 Å². The van der Waals surface area contributed by atoms with Crippen LogP contribution in [0.25, 0.3) is 11.4 Å². The predicted molar refractivity (Wildman–Crippen MR) is 86.4 cm³/mol. The number of benzene rings is 1. The van der Waals surface area contributed by atoms with E-state index in [1.54, 1.807) is 4.57 Å². The van der Waals surface area contributed by atoms with Crippen LogP contribution < -0.4 is 5.32 Å². The molecule has 7 heteroatoms. The van der Waals surface area contributed by atoms with Gasteiger partial charge in [-0.15, -0.1) is 0 Å². The molecule has 0 fully saturated rings. The molecule has 0 saturated carbocycles. The molecule has 0 aliphatic rings. The van der Waals surface area contributed by atoms with Gasteiger partial charge in [-0.1, -0.05) is 12.1 Å². The monoisotopic (exact) mass is 319 g/mol. The summed E-state index contributed by atoms with van der Waals surface area (Å²) in [6.45, 7) is 3.45. The maximum atomic E-state index is 11.1. The van der Waals surface area contributed by atoms with Gasteiger partial charge in [-0.2, -0.15) is 0 Å². The van der Waals surface area contributed by atoms with Crippen molar-refractivity contribution >= 4 is 11.7 Å². The molecule has 0 saturated heterocycles. The van der Waals surface area contributed by atoms with Crippen molar-refractivity contribution in [1.29, 1.82) is 0 Å². The number of hydrogen-bond donors (Lipinski definition) is 4. The van der Waals surface area contributed by atoms with Crippen LogP contribution in [0.4, 0.5) is 5.69 Å². The van der Waals surface area contributed by atoms with Gasteiger partial charge in [0.25, 0.3) is 0 Å². The standard InChI is InChI=1S/C16H21N3O4/c1-10-11(2)19(8-15(22)23)16(18-10)12-4-3-5-13(6-12)17-7-14(21)9-20/h3-6,14,17,20-21H,7-9H2,1-2H3,(H,22,23). The molecule has 2 aromatic rings. The molecular formula is C16H21N3O4. The number of anilines is 1. The summed E-state index contributed by atoms with van der Waals surface area (Å²) in [5.74, 6) is -0.333. The third kappa shape index (κ3) is 4.08. The summed E-state index contributed by atoms with van der Waals surface area (Å²) < 4.78 is 1.67. The number of carboxylic acids is 1. The van der Waals surface area contributed by atoms with E-state index in [1.807, 2.05) is 38.1 Å². The summed E-state index contributed by atoms with van der Waals surface area (Å²) in [6, 6.07) is 7.35. The van der Waals surface area contributed by atoms with Crippen molar-refractivity contribution in [3.63, 3.8) is 0 Å². The van der Waals surface area contributed by atoms with E-state index in [4.69, 9.17) is 10.2 Å². The van der Waals surface area contributed by atoms with Gasteiger partial charge in [0.15, 0.2) is 0 Å². The molecule has 0 amide bonds. The number of nitrogens with zero attached hydrogens (tertiary/aromatic N) is 2. The molecule has 0 aliphatic carbocycles. The molecule has 1 unspecified atom stereocenters. The minimum atomic E-state index is -0.924. The Labute approximate surface area is 134 Å². The van der Waals surface area contributed by atoms with Crippen molar-refractivity contribution in [2.24, 2.45) is 0 Å². The van der Waals surface area contributed by atoms with Crippen LogP contribution >= 0.6 is 0 Å². The maximum Gasteiger partial charge on any atom is 0.323 e. The number of nitrogens with one attached hydrogen (secondary N) is 1. The molecule has 4 N–H and O–H groups in total. The van der Waals surface area contributed by atoms with E-state index in [0.29, 0.717) is 5.82 Å². The molecule has 2 rings (SSSR count). The third-order valence-electron chi connectivity index (χ3n) is 3.62. The van der Waals surface area contributed by atoms with Crippen LogP contribution in [-0.4, -0.2) is 50.1 Å². The summed E-state index contributed by atoms with van der Waals surface area (Å²) >= 11 is 0. The van der Waals surface area contributed by atoms with E-state index >= 15 is 0 Å². The van der Waals surface area contributed by atoms with Gasteiger partial charge in [0.2, 0.25) is 0 Å². The van der Waals surface area contributed by atoms with Crippen LogP contribution in [0, 0.1) is 13.8 Å². The lowest BCUT2D eigenvalue weighted by Gasteiger charge is -2.12. The van der Waals surface area contributed by atoms with Crippen LogP contribution in [-0.2, 0) is 11.3 Å². The quantitative estimate of drug-likeness (QED) is 0.607. The number of aliphatic carboxylic acids is 1. The first-order valence-electron chi connectivity index (χ1n) is 7.31. The minimum absolute atomic E-state index is 0.150. The molecule has 0 spiro atoms. The van der Waals surface area contributed by atoms with Crippen LogP contribution in [0.5, 0.6) is 0 Å². The molecule has 7 nitrogen and oxygen atoms in total. The van der Waals surface area contributed by atoms with E-state index in [1.165, 1.54) is 0 Å². The van der Waals surface area contributed by atoms with Crippen molar-refractivity contribution in [2.75, 3.05) is 18.5 Å². The molecule has 0 aliphatic heterocycles. The maximum absolute atomic E-state index is 11.1. The zero-order chi connectivity index (χ0) is 17.0. The molecule has 1 aromatic carbocycles. The molecule has 23 heavy (non-hydrogen) atoms. The number of aliphatic hydroxyl groups is 2. The smallest absolute Gasteiger partial charge is 0.323 e. The van der Waals surface area contributed by atoms with Crippen molar-refractivity contribution in [2.45, 2.75) is 26.5 Å². The van der Waals surface area contributed by atoms with Gasteiger partial charge in [-0.25, -0.2) is 4.98 Å². The van der Waals surface area contributed by atoms with E-state index in [2.05, 4.69) is 10.3 Å². The molecule has 1 aromatic heterocycles. The van der Waals surface area contributed by atoms with Crippen LogP contribution in [0.1, 0.15) is 11.4 Å². The molecule has 0 bridgehead atoms. The van der Waals surface area contributed by atoms with Crippen molar-refractivity contribution < 1.29 is 20.1 Å². The fourth-order valence-corrected chi connectivity index (χ4v) is 2.27. The predicted octanol–water partition coefficient (Wildman–Crippen LogP) is 1.02. The Morgan fingerprint density at radius 1 is 1.39 bits per heavy atom. The van der Waals surface area contributed by atoms with Crippen molar-refractivity contribution in [3.05, 3.63) is 35.7 Å².